The number of nitrogens with one attached hydrogen (secondary N) is 1. The number of primary amides is 1. The Morgan fingerprint density at radius 3 is 2.70 bits per heavy atom. The second-order valence-electron chi connectivity index (χ2n) is 6.30. The molecule has 12 heteroatoms. The third-order valence-corrected chi connectivity index (χ3v) is 5.09. The SMILES string of the molecule is CSc1nc2c(c(=O)[nH]1)c(=O)c(C(N)=O)cn2C1OC(CO)C(O)C1(C)O. The Labute approximate surface area is 155 Å². The summed E-state index contributed by atoms with van der Waals surface area (Å²) in [4.78, 5) is 43.2. The standard InChI is InChI=1S/C15H18N4O7S/c1-15(25)9(22)6(4-20)26-13(15)19-3-5(10(16)23)8(21)7-11(19)17-14(27-2)18-12(7)24/h3,6,9,13,20,22,25H,4H2,1-2H3,(H2,16,23)(H,17,18,24). The zero-order valence-electron chi connectivity index (χ0n) is 14.4. The van der Waals surface area contributed by atoms with Gasteiger partial charge in [0.25, 0.3) is 11.5 Å². The van der Waals surface area contributed by atoms with Crippen LogP contribution in [0.2, 0.25) is 0 Å². The predicted octanol–water partition coefficient (Wildman–Crippen LogP) is -2.09. The van der Waals surface area contributed by atoms with Crippen molar-refractivity contribution in [3.8, 4) is 0 Å². The predicted molar refractivity (Wildman–Crippen MR) is 94.5 cm³/mol. The number of ether oxygens (including phenoxy) is 1. The van der Waals surface area contributed by atoms with E-state index >= 15 is 0 Å². The Morgan fingerprint density at radius 2 is 2.19 bits per heavy atom. The van der Waals surface area contributed by atoms with E-state index in [9.17, 15) is 29.7 Å². The number of pyridine rings is 1. The van der Waals surface area contributed by atoms with Crippen LogP contribution in [0.4, 0.5) is 0 Å². The van der Waals surface area contributed by atoms with Crippen molar-refractivity contribution in [2.24, 2.45) is 5.73 Å². The van der Waals surface area contributed by atoms with Crippen molar-refractivity contribution in [3.05, 3.63) is 32.3 Å². The molecular weight excluding hydrogens is 380 g/mol. The smallest absolute Gasteiger partial charge is 0.265 e. The van der Waals surface area contributed by atoms with Gasteiger partial charge in [-0.3, -0.25) is 14.4 Å². The molecule has 0 aromatic carbocycles. The van der Waals surface area contributed by atoms with E-state index < -0.39 is 58.5 Å². The number of carbonyl (C=O) groups excluding carboxylic acids is 1. The molecule has 4 unspecified atom stereocenters. The fourth-order valence-electron chi connectivity index (χ4n) is 3.07. The Morgan fingerprint density at radius 1 is 1.52 bits per heavy atom. The van der Waals surface area contributed by atoms with E-state index in [1.807, 2.05) is 0 Å². The Kier molecular flexibility index (Phi) is 4.86. The van der Waals surface area contributed by atoms with Gasteiger partial charge in [-0.15, -0.1) is 0 Å². The minimum atomic E-state index is -1.92. The van der Waals surface area contributed by atoms with Gasteiger partial charge < -0.3 is 35.3 Å². The molecule has 0 saturated carbocycles. The van der Waals surface area contributed by atoms with Crippen LogP contribution in [0.25, 0.3) is 11.0 Å². The summed E-state index contributed by atoms with van der Waals surface area (Å²) in [5.74, 6) is -1.08. The number of nitrogens with zero attached hydrogens (tertiary/aromatic N) is 2. The van der Waals surface area contributed by atoms with Crippen molar-refractivity contribution in [3.63, 3.8) is 0 Å². The van der Waals surface area contributed by atoms with Gasteiger partial charge in [0.05, 0.1) is 6.61 Å². The van der Waals surface area contributed by atoms with Crippen LogP contribution in [0.1, 0.15) is 23.5 Å². The monoisotopic (exact) mass is 398 g/mol. The number of nitrogens with two attached hydrogens (primary N) is 1. The summed E-state index contributed by atoms with van der Waals surface area (Å²) in [6.45, 7) is 0.674. The molecule has 11 nitrogen and oxygen atoms in total. The first-order valence-electron chi connectivity index (χ1n) is 7.83. The third kappa shape index (κ3) is 2.95. The Bertz CT molecular complexity index is 1030. The first kappa shape index (κ1) is 19.5. The zero-order valence-corrected chi connectivity index (χ0v) is 15.2. The summed E-state index contributed by atoms with van der Waals surface area (Å²) in [5, 5.41) is 30.0. The summed E-state index contributed by atoms with van der Waals surface area (Å²) in [7, 11) is 0. The van der Waals surface area contributed by atoms with Crippen molar-refractivity contribution >= 4 is 28.7 Å². The highest BCUT2D eigenvalue weighted by Crippen LogP contribution is 2.39. The summed E-state index contributed by atoms with van der Waals surface area (Å²) in [5.41, 5.74) is 0.960. The number of aromatic nitrogens is 3. The van der Waals surface area contributed by atoms with Crippen LogP contribution in [-0.2, 0) is 4.74 Å². The molecule has 4 atom stereocenters. The lowest BCUT2D eigenvalue weighted by Gasteiger charge is -2.29. The minimum Gasteiger partial charge on any atom is -0.394 e. The summed E-state index contributed by atoms with van der Waals surface area (Å²) in [6.07, 6.45) is -1.28. The number of thioether (sulfide) groups is 1. The van der Waals surface area contributed by atoms with Crippen LogP contribution in [0.3, 0.4) is 0 Å². The number of amides is 1. The lowest BCUT2D eigenvalue weighted by molar-refractivity contribution is -0.0951. The Balaban J connectivity index is 2.40. The van der Waals surface area contributed by atoms with Gasteiger partial charge in [0.2, 0.25) is 5.43 Å². The van der Waals surface area contributed by atoms with Crippen molar-refractivity contribution in [2.75, 3.05) is 12.9 Å². The number of H-pyrrole nitrogens is 1. The van der Waals surface area contributed by atoms with E-state index in [0.29, 0.717) is 0 Å². The molecule has 3 rings (SSSR count). The van der Waals surface area contributed by atoms with E-state index in [2.05, 4.69) is 9.97 Å². The first-order chi connectivity index (χ1) is 12.6. The van der Waals surface area contributed by atoms with E-state index in [0.717, 1.165) is 22.5 Å². The van der Waals surface area contributed by atoms with Gasteiger partial charge in [0.1, 0.15) is 28.8 Å². The van der Waals surface area contributed by atoms with E-state index in [1.165, 1.54) is 6.92 Å². The molecule has 0 radical (unpaired) electrons. The third-order valence-electron chi connectivity index (χ3n) is 4.51. The maximum atomic E-state index is 12.5. The number of aliphatic hydroxyl groups excluding tert-OH is 2. The van der Waals surface area contributed by atoms with Gasteiger partial charge in [-0.2, -0.15) is 0 Å². The van der Waals surface area contributed by atoms with Gasteiger partial charge in [0, 0.05) is 6.20 Å². The molecule has 1 aliphatic heterocycles. The van der Waals surface area contributed by atoms with Gasteiger partial charge in [-0.1, -0.05) is 11.8 Å². The minimum absolute atomic E-state index is 0.158. The lowest BCUT2D eigenvalue weighted by atomic mass is 9.96. The maximum absolute atomic E-state index is 12.5. The highest BCUT2D eigenvalue weighted by Gasteiger charge is 2.53. The number of fused-ring (bicyclic) bond motifs is 1. The average Bonchev–Trinajstić information content (AvgIpc) is 2.84. The fraction of sp³-hybridized carbons (Fsp3) is 0.467. The molecule has 6 N–H and O–H groups in total. The van der Waals surface area contributed by atoms with Crippen LogP contribution in [-0.4, -0.2) is 66.4 Å². The Hall–Kier alpha value is -2.25. The van der Waals surface area contributed by atoms with Gasteiger partial charge >= 0.3 is 0 Å². The van der Waals surface area contributed by atoms with Gasteiger partial charge in [-0.05, 0) is 13.2 Å². The summed E-state index contributed by atoms with van der Waals surface area (Å²) in [6, 6.07) is 0. The molecular formula is C15H18N4O7S. The van der Waals surface area contributed by atoms with E-state index in [1.54, 1.807) is 6.26 Å². The topological polar surface area (TPSA) is 181 Å². The molecule has 3 heterocycles. The number of carbonyl (C=O) groups is 1. The fourth-order valence-corrected chi connectivity index (χ4v) is 3.44. The van der Waals surface area contributed by atoms with Gasteiger partial charge in [0.15, 0.2) is 17.0 Å². The van der Waals surface area contributed by atoms with Crippen LogP contribution >= 0.6 is 11.8 Å². The number of hydrogen-bond acceptors (Lipinski definition) is 9. The molecule has 0 aliphatic carbocycles. The lowest BCUT2D eigenvalue weighted by Crippen LogP contribution is -2.44. The molecule has 0 bridgehead atoms. The number of aromatic amines is 1. The molecule has 1 aliphatic rings. The van der Waals surface area contributed by atoms with E-state index in [-0.39, 0.29) is 10.8 Å². The van der Waals surface area contributed by atoms with Crippen LogP contribution in [0.15, 0.2) is 20.9 Å². The van der Waals surface area contributed by atoms with Crippen LogP contribution in [0.5, 0.6) is 0 Å². The first-order valence-corrected chi connectivity index (χ1v) is 9.05. The van der Waals surface area contributed by atoms with E-state index in [4.69, 9.17) is 10.5 Å². The zero-order chi connectivity index (χ0) is 20.1. The molecule has 1 saturated heterocycles. The van der Waals surface area contributed by atoms with Crippen LogP contribution < -0.4 is 16.7 Å². The number of rotatable bonds is 4. The summed E-state index contributed by atoms with van der Waals surface area (Å²) >= 11 is 1.10. The molecule has 146 valence electrons. The van der Waals surface area contributed by atoms with Crippen molar-refractivity contribution in [1.29, 1.82) is 0 Å². The van der Waals surface area contributed by atoms with Crippen molar-refractivity contribution in [1.82, 2.24) is 14.5 Å². The normalized spacial score (nSPS) is 28.0. The number of aliphatic hydroxyl groups is 3. The van der Waals surface area contributed by atoms with Crippen molar-refractivity contribution in [2.45, 2.75) is 36.1 Å². The highest BCUT2D eigenvalue weighted by molar-refractivity contribution is 7.98. The average molecular weight is 398 g/mol. The maximum Gasteiger partial charge on any atom is 0.265 e. The molecule has 1 amide bonds. The van der Waals surface area contributed by atoms with Gasteiger partial charge in [-0.25, -0.2) is 4.98 Å². The van der Waals surface area contributed by atoms with Crippen molar-refractivity contribution < 1.29 is 24.9 Å². The second-order valence-corrected chi connectivity index (χ2v) is 7.09. The largest absolute Gasteiger partial charge is 0.394 e. The molecule has 27 heavy (non-hydrogen) atoms. The molecule has 2 aromatic rings. The quantitative estimate of drug-likeness (QED) is 0.285. The van der Waals surface area contributed by atoms with Crippen LogP contribution in [0, 0.1) is 0 Å². The summed E-state index contributed by atoms with van der Waals surface area (Å²) < 4.78 is 6.62. The molecule has 2 aromatic heterocycles. The highest BCUT2D eigenvalue weighted by atomic mass is 32.2. The molecule has 1 fully saturated rings. The second kappa shape index (κ2) is 6.73. The molecule has 0 spiro atoms. The number of hydrogen-bond donors (Lipinski definition) is 5.